The molecule has 0 aromatic carbocycles. The molecule has 0 radical (unpaired) electrons. The van der Waals surface area contributed by atoms with Crippen molar-refractivity contribution in [2.24, 2.45) is 0 Å². The zero-order valence-corrected chi connectivity index (χ0v) is 12.9. The smallest absolute Gasteiger partial charge is 0.187 e. The van der Waals surface area contributed by atoms with Gasteiger partial charge in [-0.15, -0.1) is 0 Å². The van der Waals surface area contributed by atoms with Gasteiger partial charge < -0.3 is 15.4 Å². The van der Waals surface area contributed by atoms with E-state index < -0.39 is 9.84 Å². The van der Waals surface area contributed by atoms with Crippen molar-refractivity contribution in [2.45, 2.75) is 36.0 Å². The number of sulfone groups is 1. The molecule has 1 fully saturated rings. The van der Waals surface area contributed by atoms with Gasteiger partial charge in [0.2, 0.25) is 0 Å². The van der Waals surface area contributed by atoms with Crippen molar-refractivity contribution >= 4 is 32.2 Å². The topological polar surface area (TPSA) is 85.5 Å². The second-order valence-corrected chi connectivity index (χ2v) is 7.78. The van der Waals surface area contributed by atoms with Crippen molar-refractivity contribution in [1.29, 1.82) is 0 Å². The Kier molecular flexibility index (Phi) is 4.03. The Morgan fingerprint density at radius 1 is 1.58 bits per heavy atom. The molecule has 1 aliphatic carbocycles. The van der Waals surface area contributed by atoms with E-state index in [1.807, 2.05) is 18.9 Å². The number of methoxy groups -OCH3 is 1. The summed E-state index contributed by atoms with van der Waals surface area (Å²) in [6.07, 6.45) is 1.43. The third-order valence-corrected chi connectivity index (χ3v) is 6.70. The van der Waals surface area contributed by atoms with Crippen molar-refractivity contribution in [3.05, 3.63) is 0 Å². The van der Waals surface area contributed by atoms with Crippen LogP contribution in [0.25, 0.3) is 0 Å². The first-order chi connectivity index (χ1) is 8.89. The van der Waals surface area contributed by atoms with Gasteiger partial charge in [0.15, 0.2) is 15.7 Å². The lowest BCUT2D eigenvalue weighted by Crippen LogP contribution is -2.33. The first-order valence-electron chi connectivity index (χ1n) is 6.10. The molecule has 6 nitrogen and oxygen atoms in total. The number of ether oxygens (including phenoxy) is 1. The number of nitrogens with zero attached hydrogens (tertiary/aromatic N) is 2. The number of nitrogen functional groups attached to an aromatic ring is 1. The predicted octanol–water partition coefficient (Wildman–Crippen LogP) is 1.13. The number of nitrogens with two attached hydrogens (primary N) is 1. The van der Waals surface area contributed by atoms with Crippen LogP contribution in [0.1, 0.15) is 19.8 Å². The molecule has 0 bridgehead atoms. The molecule has 19 heavy (non-hydrogen) atoms. The summed E-state index contributed by atoms with van der Waals surface area (Å²) in [5.41, 5.74) is 5.77. The Hall–Kier alpha value is -0.860. The minimum absolute atomic E-state index is 0.0537. The Labute approximate surface area is 117 Å². The molecular weight excluding hydrogens is 286 g/mol. The Balaban J connectivity index is 2.37. The minimum atomic E-state index is -3.34. The standard InChI is InChI=1S/C11H19N3O3S2/c1-7(6-17-3)14(2)11-9(10(12)13-18-11)19(15,16)8-4-5-8/h7-8H,4-6H2,1-3H3,(H2,12,13). The van der Waals surface area contributed by atoms with E-state index in [1.165, 1.54) is 0 Å². The zero-order valence-electron chi connectivity index (χ0n) is 11.3. The van der Waals surface area contributed by atoms with Crippen LogP contribution >= 0.6 is 11.5 Å². The van der Waals surface area contributed by atoms with Crippen molar-refractivity contribution in [1.82, 2.24) is 4.37 Å². The van der Waals surface area contributed by atoms with E-state index in [-0.39, 0.29) is 22.0 Å². The summed E-state index contributed by atoms with van der Waals surface area (Å²) in [6, 6.07) is 0.0537. The van der Waals surface area contributed by atoms with Crippen molar-refractivity contribution in [3.8, 4) is 0 Å². The summed E-state index contributed by atoms with van der Waals surface area (Å²) in [5, 5.41) is 0.324. The second-order valence-electron chi connectivity index (χ2n) is 4.86. The van der Waals surface area contributed by atoms with Gasteiger partial charge >= 0.3 is 0 Å². The lowest BCUT2D eigenvalue weighted by Gasteiger charge is -2.25. The highest BCUT2D eigenvalue weighted by Crippen LogP contribution is 2.42. The number of hydrogen-bond donors (Lipinski definition) is 1. The van der Waals surface area contributed by atoms with Crippen LogP contribution in [0.5, 0.6) is 0 Å². The molecule has 108 valence electrons. The predicted molar refractivity (Wildman–Crippen MR) is 76.5 cm³/mol. The maximum absolute atomic E-state index is 12.4. The number of hydrogen-bond acceptors (Lipinski definition) is 7. The molecule has 8 heteroatoms. The fourth-order valence-corrected chi connectivity index (χ4v) is 4.98. The molecule has 1 aromatic rings. The monoisotopic (exact) mass is 305 g/mol. The zero-order chi connectivity index (χ0) is 14.2. The quantitative estimate of drug-likeness (QED) is 0.848. The molecule has 1 heterocycles. The van der Waals surface area contributed by atoms with Crippen LogP contribution in [0.15, 0.2) is 4.90 Å². The lowest BCUT2D eigenvalue weighted by molar-refractivity contribution is 0.183. The van der Waals surface area contributed by atoms with Crippen LogP contribution in [0.4, 0.5) is 10.8 Å². The first-order valence-corrected chi connectivity index (χ1v) is 8.42. The summed E-state index contributed by atoms with van der Waals surface area (Å²) in [5.74, 6) is 0.114. The maximum Gasteiger partial charge on any atom is 0.187 e. The van der Waals surface area contributed by atoms with Crippen molar-refractivity contribution in [2.75, 3.05) is 31.4 Å². The molecule has 0 saturated heterocycles. The second kappa shape index (κ2) is 5.26. The first kappa shape index (κ1) is 14.5. The Bertz CT molecular complexity index is 552. The van der Waals surface area contributed by atoms with Crippen molar-refractivity contribution in [3.63, 3.8) is 0 Å². The van der Waals surface area contributed by atoms with Gasteiger partial charge in [0, 0.05) is 14.2 Å². The SMILES string of the molecule is COCC(C)N(C)c1snc(N)c1S(=O)(=O)C1CC1. The normalized spacial score (nSPS) is 17.4. The van der Waals surface area contributed by atoms with Crippen LogP contribution in [-0.4, -0.2) is 44.8 Å². The molecule has 2 rings (SSSR count). The van der Waals surface area contributed by atoms with E-state index in [0.29, 0.717) is 24.4 Å². The molecule has 1 saturated carbocycles. The third kappa shape index (κ3) is 2.70. The highest BCUT2D eigenvalue weighted by atomic mass is 32.2. The van der Waals surface area contributed by atoms with Gasteiger partial charge in [-0.1, -0.05) is 0 Å². The largest absolute Gasteiger partial charge is 0.383 e. The van der Waals surface area contributed by atoms with E-state index >= 15 is 0 Å². The summed E-state index contributed by atoms with van der Waals surface area (Å²) in [4.78, 5) is 2.07. The molecule has 1 aromatic heterocycles. The summed E-state index contributed by atoms with van der Waals surface area (Å²) >= 11 is 1.13. The fourth-order valence-electron chi connectivity index (χ4n) is 1.88. The number of rotatable bonds is 6. The Morgan fingerprint density at radius 2 is 2.21 bits per heavy atom. The van der Waals surface area contributed by atoms with E-state index in [2.05, 4.69) is 4.37 Å². The van der Waals surface area contributed by atoms with Gasteiger partial charge in [0.25, 0.3) is 0 Å². The fraction of sp³-hybridized carbons (Fsp3) is 0.727. The summed E-state index contributed by atoms with van der Waals surface area (Å²) in [6.45, 7) is 2.48. The molecule has 2 N–H and O–H groups in total. The molecule has 1 unspecified atom stereocenters. The van der Waals surface area contributed by atoms with Crippen molar-refractivity contribution < 1.29 is 13.2 Å². The molecule has 0 aliphatic heterocycles. The Morgan fingerprint density at radius 3 is 2.74 bits per heavy atom. The van der Waals surface area contributed by atoms with Crippen LogP contribution in [0, 0.1) is 0 Å². The van der Waals surface area contributed by atoms with E-state index in [4.69, 9.17) is 10.5 Å². The highest BCUT2D eigenvalue weighted by Gasteiger charge is 2.41. The number of aromatic nitrogens is 1. The molecule has 1 aliphatic rings. The van der Waals surface area contributed by atoms with E-state index in [1.54, 1.807) is 7.11 Å². The van der Waals surface area contributed by atoms with Crippen LogP contribution in [0.2, 0.25) is 0 Å². The average molecular weight is 305 g/mol. The molecule has 0 spiro atoms. The van der Waals surface area contributed by atoms with Crippen LogP contribution < -0.4 is 10.6 Å². The van der Waals surface area contributed by atoms with Crippen LogP contribution in [0.3, 0.4) is 0 Å². The van der Waals surface area contributed by atoms with Gasteiger partial charge in [-0.25, -0.2) is 8.42 Å². The van der Waals surface area contributed by atoms with Gasteiger partial charge in [-0.3, -0.25) is 0 Å². The van der Waals surface area contributed by atoms with Gasteiger partial charge in [0.1, 0.15) is 9.90 Å². The molecule has 1 atom stereocenters. The number of anilines is 2. The average Bonchev–Trinajstić information content (AvgIpc) is 3.12. The molecular formula is C11H19N3O3S2. The molecule has 0 amide bonds. The van der Waals surface area contributed by atoms with E-state index in [9.17, 15) is 8.42 Å². The van der Waals surface area contributed by atoms with Gasteiger partial charge in [-0.2, -0.15) is 4.37 Å². The van der Waals surface area contributed by atoms with Crippen LogP contribution in [-0.2, 0) is 14.6 Å². The third-order valence-electron chi connectivity index (χ3n) is 3.29. The highest BCUT2D eigenvalue weighted by molar-refractivity contribution is 7.92. The van der Waals surface area contributed by atoms with Gasteiger partial charge in [-0.05, 0) is 31.3 Å². The van der Waals surface area contributed by atoms with E-state index in [0.717, 1.165) is 11.5 Å². The number of likely N-dealkylation sites (N-methyl/N-ethyl adjacent to an activating group) is 1. The minimum Gasteiger partial charge on any atom is -0.383 e. The summed E-state index contributed by atoms with van der Waals surface area (Å²) < 4.78 is 33.9. The lowest BCUT2D eigenvalue weighted by atomic mass is 10.3. The maximum atomic E-state index is 12.4. The van der Waals surface area contributed by atoms with Gasteiger partial charge in [0.05, 0.1) is 17.9 Å². The summed E-state index contributed by atoms with van der Waals surface area (Å²) in [7, 11) is 0.117.